The highest BCUT2D eigenvalue weighted by molar-refractivity contribution is 6.20. The number of methoxy groups -OCH3 is 4. The number of alkyl halides is 1. The first kappa shape index (κ1) is 16.4. The average Bonchev–Trinajstić information content (AvgIpc) is 2.45. The molecule has 0 fully saturated rings. The van der Waals surface area contributed by atoms with Crippen molar-refractivity contribution in [3.05, 3.63) is 11.1 Å². The number of hydrogen-bond donors (Lipinski definition) is 0. The summed E-state index contributed by atoms with van der Waals surface area (Å²) in [5.74, 6) is 1.61. The summed E-state index contributed by atoms with van der Waals surface area (Å²) in [4.78, 5) is 12.3. The van der Waals surface area contributed by atoms with Crippen molar-refractivity contribution in [2.24, 2.45) is 0 Å². The summed E-state index contributed by atoms with van der Waals surface area (Å²) in [6, 6.07) is 0. The van der Waals surface area contributed by atoms with Crippen LogP contribution in [0, 0.1) is 6.92 Å². The van der Waals surface area contributed by atoms with Gasteiger partial charge in [-0.05, 0) is 6.92 Å². The number of carbonyl (C=O) groups is 1. The Morgan fingerprint density at radius 2 is 1.35 bits per heavy atom. The van der Waals surface area contributed by atoms with Crippen molar-refractivity contribution in [2.45, 2.75) is 13.3 Å². The van der Waals surface area contributed by atoms with Gasteiger partial charge in [-0.3, -0.25) is 4.79 Å². The van der Waals surface area contributed by atoms with Gasteiger partial charge in [0.05, 0.1) is 34.0 Å². The lowest BCUT2D eigenvalue weighted by Gasteiger charge is -2.20. The van der Waals surface area contributed by atoms with Crippen LogP contribution in [-0.4, -0.2) is 40.1 Å². The van der Waals surface area contributed by atoms with Crippen LogP contribution in [0.1, 0.15) is 22.3 Å². The maximum atomic E-state index is 12.3. The minimum absolute atomic E-state index is 0.131. The largest absolute Gasteiger partial charge is 0.492 e. The Hall–Kier alpha value is -1.62. The number of ether oxygens (including phenoxy) is 4. The molecule has 5 nitrogen and oxygen atoms in total. The summed E-state index contributed by atoms with van der Waals surface area (Å²) in [6.07, 6.45) is 0.206. The van der Waals surface area contributed by atoms with E-state index in [-0.39, 0.29) is 18.1 Å². The molecule has 1 rings (SSSR count). The Kier molecular flexibility index (Phi) is 5.95. The molecule has 20 heavy (non-hydrogen) atoms. The number of hydrogen-bond acceptors (Lipinski definition) is 5. The number of ketones is 1. The summed E-state index contributed by atoms with van der Waals surface area (Å²) < 4.78 is 21.3. The SMILES string of the molecule is COc1c(C)c(C(=O)CCCl)c(OC)c(OC)c1OC. The maximum Gasteiger partial charge on any atom is 0.208 e. The van der Waals surface area contributed by atoms with Gasteiger partial charge in [0, 0.05) is 17.9 Å². The lowest BCUT2D eigenvalue weighted by molar-refractivity contribution is 0.0984. The van der Waals surface area contributed by atoms with Crippen LogP contribution in [0.2, 0.25) is 0 Å². The highest BCUT2D eigenvalue weighted by atomic mass is 35.5. The fraction of sp³-hybridized carbons (Fsp3) is 0.500. The van der Waals surface area contributed by atoms with Crippen molar-refractivity contribution in [3.8, 4) is 23.0 Å². The summed E-state index contributed by atoms with van der Waals surface area (Å²) in [5, 5.41) is 0. The molecule has 0 aliphatic heterocycles. The first-order valence-electron chi connectivity index (χ1n) is 6.02. The van der Waals surface area contributed by atoms with E-state index in [1.54, 1.807) is 6.92 Å². The molecular formula is C14H19ClO5. The second kappa shape index (κ2) is 7.24. The standard InChI is InChI=1S/C14H19ClO5/c1-8-10(9(16)6-7-15)12(18-3)14(20-5)13(19-4)11(8)17-2/h6-7H2,1-5H3. The lowest BCUT2D eigenvalue weighted by atomic mass is 9.99. The lowest BCUT2D eigenvalue weighted by Crippen LogP contribution is -2.10. The fourth-order valence-electron chi connectivity index (χ4n) is 2.13. The Bertz CT molecular complexity index is 499. The van der Waals surface area contributed by atoms with E-state index < -0.39 is 0 Å². The highest BCUT2D eigenvalue weighted by Crippen LogP contribution is 2.49. The van der Waals surface area contributed by atoms with Gasteiger partial charge < -0.3 is 18.9 Å². The van der Waals surface area contributed by atoms with Crippen LogP contribution >= 0.6 is 11.6 Å². The first-order chi connectivity index (χ1) is 9.56. The van der Waals surface area contributed by atoms with Crippen LogP contribution in [0.5, 0.6) is 23.0 Å². The van der Waals surface area contributed by atoms with Crippen molar-refractivity contribution in [1.82, 2.24) is 0 Å². The number of Topliss-reactive ketones (excluding diaryl/α,β-unsaturated/α-hetero) is 1. The maximum absolute atomic E-state index is 12.3. The Balaban J connectivity index is 3.69. The second-order valence-electron chi connectivity index (χ2n) is 4.00. The third kappa shape index (κ3) is 2.77. The normalized spacial score (nSPS) is 10.1. The van der Waals surface area contributed by atoms with E-state index in [0.29, 0.717) is 34.1 Å². The van der Waals surface area contributed by atoms with Gasteiger partial charge in [-0.25, -0.2) is 0 Å². The monoisotopic (exact) mass is 302 g/mol. The van der Waals surface area contributed by atoms with Crippen LogP contribution in [0.3, 0.4) is 0 Å². The van der Waals surface area contributed by atoms with E-state index in [4.69, 9.17) is 30.5 Å². The number of carbonyl (C=O) groups excluding carboxylic acids is 1. The Labute approximate surface area is 123 Å². The smallest absolute Gasteiger partial charge is 0.208 e. The van der Waals surface area contributed by atoms with Crippen molar-refractivity contribution in [2.75, 3.05) is 34.3 Å². The summed E-state index contributed by atoms with van der Waals surface area (Å²) in [5.41, 5.74) is 1.04. The molecule has 112 valence electrons. The molecule has 0 amide bonds. The molecule has 1 aromatic carbocycles. The molecule has 0 radical (unpaired) electrons. The number of rotatable bonds is 7. The molecule has 0 spiro atoms. The number of benzene rings is 1. The molecule has 0 saturated heterocycles. The van der Waals surface area contributed by atoms with E-state index in [1.165, 1.54) is 28.4 Å². The fourth-order valence-corrected chi connectivity index (χ4v) is 2.30. The zero-order chi connectivity index (χ0) is 15.3. The summed E-state index contributed by atoms with van der Waals surface area (Å²) >= 11 is 5.65. The molecule has 0 aliphatic rings. The Morgan fingerprint density at radius 3 is 1.75 bits per heavy atom. The molecular weight excluding hydrogens is 284 g/mol. The third-order valence-corrected chi connectivity index (χ3v) is 3.17. The van der Waals surface area contributed by atoms with Gasteiger partial charge in [0.15, 0.2) is 17.3 Å². The molecule has 0 bridgehead atoms. The van der Waals surface area contributed by atoms with Crippen molar-refractivity contribution in [3.63, 3.8) is 0 Å². The molecule has 0 aromatic heterocycles. The minimum Gasteiger partial charge on any atom is -0.492 e. The molecule has 0 heterocycles. The van der Waals surface area contributed by atoms with Gasteiger partial charge in [-0.2, -0.15) is 0 Å². The van der Waals surface area contributed by atoms with E-state index in [1.807, 2.05) is 0 Å². The predicted octanol–water partition coefficient (Wildman–Crippen LogP) is 2.84. The minimum atomic E-state index is -0.131. The zero-order valence-corrected chi connectivity index (χ0v) is 13.1. The van der Waals surface area contributed by atoms with Gasteiger partial charge in [-0.15, -0.1) is 11.6 Å². The van der Waals surface area contributed by atoms with Gasteiger partial charge in [-0.1, -0.05) is 0 Å². The van der Waals surface area contributed by atoms with Crippen LogP contribution in [0.25, 0.3) is 0 Å². The van der Waals surface area contributed by atoms with Gasteiger partial charge >= 0.3 is 0 Å². The number of halogens is 1. The highest BCUT2D eigenvalue weighted by Gasteiger charge is 2.28. The van der Waals surface area contributed by atoms with Crippen molar-refractivity contribution >= 4 is 17.4 Å². The van der Waals surface area contributed by atoms with E-state index in [9.17, 15) is 4.79 Å². The summed E-state index contributed by atoms with van der Waals surface area (Å²) in [6.45, 7) is 1.77. The first-order valence-corrected chi connectivity index (χ1v) is 6.56. The van der Waals surface area contributed by atoms with Crippen molar-refractivity contribution < 1.29 is 23.7 Å². The second-order valence-corrected chi connectivity index (χ2v) is 4.37. The predicted molar refractivity (Wildman–Crippen MR) is 77.1 cm³/mol. The van der Waals surface area contributed by atoms with Gasteiger partial charge in [0.1, 0.15) is 0 Å². The van der Waals surface area contributed by atoms with E-state index >= 15 is 0 Å². The van der Waals surface area contributed by atoms with Crippen molar-refractivity contribution in [1.29, 1.82) is 0 Å². The molecule has 1 aromatic rings. The van der Waals surface area contributed by atoms with Gasteiger partial charge in [0.2, 0.25) is 11.5 Å². The zero-order valence-electron chi connectivity index (χ0n) is 12.3. The molecule has 0 saturated carbocycles. The quantitative estimate of drug-likeness (QED) is 0.572. The Morgan fingerprint density at radius 1 is 0.900 bits per heavy atom. The van der Waals surface area contributed by atoms with Crippen LogP contribution in [-0.2, 0) is 0 Å². The molecule has 0 N–H and O–H groups in total. The topological polar surface area (TPSA) is 54.0 Å². The molecule has 0 atom stereocenters. The van der Waals surface area contributed by atoms with Gasteiger partial charge in [0.25, 0.3) is 0 Å². The van der Waals surface area contributed by atoms with E-state index in [0.717, 1.165) is 0 Å². The van der Waals surface area contributed by atoms with E-state index in [2.05, 4.69) is 0 Å². The summed E-state index contributed by atoms with van der Waals surface area (Å²) in [7, 11) is 5.96. The average molecular weight is 303 g/mol. The molecule has 0 aliphatic carbocycles. The molecule has 6 heteroatoms. The van der Waals surface area contributed by atoms with Crippen LogP contribution in [0.4, 0.5) is 0 Å². The molecule has 0 unspecified atom stereocenters. The van der Waals surface area contributed by atoms with Crippen LogP contribution in [0.15, 0.2) is 0 Å². The van der Waals surface area contributed by atoms with Crippen LogP contribution < -0.4 is 18.9 Å². The third-order valence-electron chi connectivity index (χ3n) is 2.98.